The Balaban J connectivity index is 0.00000157. The van der Waals surface area contributed by atoms with Gasteiger partial charge in [0.1, 0.15) is 24.3 Å². The number of aliphatic hydroxyl groups is 1. The van der Waals surface area contributed by atoms with Crippen LogP contribution in [0.1, 0.15) is 70.7 Å². The Bertz CT molecular complexity index is 1850. The van der Waals surface area contributed by atoms with E-state index in [2.05, 4.69) is 16.0 Å². The Morgan fingerprint density at radius 1 is 0.898 bits per heavy atom. The van der Waals surface area contributed by atoms with Gasteiger partial charge >= 0.3 is 12.1 Å². The van der Waals surface area contributed by atoms with Gasteiger partial charge in [-0.05, 0) is 67.5 Å². The van der Waals surface area contributed by atoms with Crippen LogP contribution in [0.25, 0.3) is 11.1 Å². The molecule has 1 aromatic heterocycles. The Kier molecular flexibility index (Phi) is 19.6. The molecular formula is C40H54F5N7O7. The van der Waals surface area contributed by atoms with Crippen molar-refractivity contribution in [1.29, 1.82) is 0 Å². The summed E-state index contributed by atoms with van der Waals surface area (Å²) in [5, 5.41) is 25.2. The quantitative estimate of drug-likeness (QED) is 0.0692. The average molecular weight is 840 g/mol. The lowest BCUT2D eigenvalue weighted by molar-refractivity contribution is -0.192. The van der Waals surface area contributed by atoms with E-state index in [1.165, 1.54) is 11.8 Å². The minimum Gasteiger partial charge on any atom is -0.475 e. The van der Waals surface area contributed by atoms with Crippen LogP contribution in [0.15, 0.2) is 60.8 Å². The zero-order valence-electron chi connectivity index (χ0n) is 33.5. The van der Waals surface area contributed by atoms with Gasteiger partial charge in [-0.2, -0.15) is 13.2 Å². The summed E-state index contributed by atoms with van der Waals surface area (Å²) in [7, 11) is 0. The molecule has 0 bridgehead atoms. The number of aromatic nitrogens is 1. The number of carbonyl (C=O) groups is 5. The lowest BCUT2D eigenvalue weighted by Crippen LogP contribution is -2.49. The first kappa shape index (κ1) is 49.7. The van der Waals surface area contributed by atoms with Crippen molar-refractivity contribution in [2.45, 2.75) is 84.2 Å². The van der Waals surface area contributed by atoms with Crippen molar-refractivity contribution < 1.29 is 56.1 Å². The molecule has 9 N–H and O–H groups in total. The standard InChI is InChI=1S/C38H53F2N7O5.C2HF3O2/c1-25(49)45-32(12-8-9-16-41)37(52)44-18-17-43-36(51)31(42)15-19-47(34(50)24-48)35(38(2,3)4)33-20-27(29-21-28(39)13-14-30(29)40)23-46(33)22-26-10-6-5-7-11-26;3-2(4,5)1(6)7/h5-7,10-11,13-14,20-21,23,31-32,35,48H,8-9,12,15-19,22,24,41-42H2,1-4H3,(H,43,51)(H,44,52)(H,45,49);(H,6,7)/t31-,32-,35-;/m0./s1. The number of halogens is 5. The molecule has 0 aliphatic rings. The predicted molar refractivity (Wildman–Crippen MR) is 209 cm³/mol. The number of nitrogens with two attached hydrogens (primary N) is 2. The van der Waals surface area contributed by atoms with Crippen LogP contribution in [0.5, 0.6) is 0 Å². The Hall–Kier alpha value is -5.40. The monoisotopic (exact) mass is 839 g/mol. The fourth-order valence-corrected chi connectivity index (χ4v) is 6.14. The third-order valence-corrected chi connectivity index (χ3v) is 8.86. The maximum atomic E-state index is 15.0. The highest BCUT2D eigenvalue weighted by molar-refractivity contribution is 5.87. The summed E-state index contributed by atoms with van der Waals surface area (Å²) in [5.74, 6) is -5.77. The SMILES string of the molecule is CC(=O)N[C@@H](CCCCN)C(=O)NCCNC(=O)[C@@H](N)CCN(C(=O)CO)[C@@H](c1cc(-c2cc(F)ccc2F)cn1Cc1ccccc1)C(C)(C)C.O=C(O)C(F)(F)F. The van der Waals surface area contributed by atoms with Crippen LogP contribution in [-0.2, 0) is 30.5 Å². The van der Waals surface area contributed by atoms with Crippen molar-refractivity contribution in [2.75, 3.05) is 32.8 Å². The molecule has 0 unspecified atom stereocenters. The molecule has 0 spiro atoms. The highest BCUT2D eigenvalue weighted by atomic mass is 19.4. The smallest absolute Gasteiger partial charge is 0.475 e. The molecule has 3 aromatic rings. The summed E-state index contributed by atoms with van der Waals surface area (Å²) in [6.07, 6.45) is -1.52. The van der Waals surface area contributed by atoms with Crippen LogP contribution in [-0.4, -0.2) is 100 Å². The first-order chi connectivity index (χ1) is 27.6. The van der Waals surface area contributed by atoms with E-state index in [1.807, 2.05) is 55.7 Å². The molecule has 1 heterocycles. The topological polar surface area (TPSA) is 222 Å². The Morgan fingerprint density at radius 3 is 2.05 bits per heavy atom. The summed E-state index contributed by atoms with van der Waals surface area (Å²) in [4.78, 5) is 61.0. The Labute approximate surface area is 339 Å². The maximum absolute atomic E-state index is 15.0. The number of aliphatic hydroxyl groups excluding tert-OH is 1. The van der Waals surface area contributed by atoms with Gasteiger partial charge in [-0.15, -0.1) is 0 Å². The van der Waals surface area contributed by atoms with Gasteiger partial charge in [-0.25, -0.2) is 13.6 Å². The van der Waals surface area contributed by atoms with E-state index in [-0.39, 0.29) is 43.4 Å². The number of rotatable bonds is 19. The van der Waals surface area contributed by atoms with Gasteiger partial charge in [0.05, 0.1) is 12.1 Å². The van der Waals surface area contributed by atoms with E-state index in [0.29, 0.717) is 43.6 Å². The number of hydrogen-bond donors (Lipinski definition) is 7. The summed E-state index contributed by atoms with van der Waals surface area (Å²) in [6.45, 7) is 7.30. The van der Waals surface area contributed by atoms with E-state index in [1.54, 1.807) is 12.3 Å². The van der Waals surface area contributed by atoms with E-state index in [9.17, 15) is 41.8 Å². The molecule has 14 nitrogen and oxygen atoms in total. The zero-order chi connectivity index (χ0) is 44.5. The van der Waals surface area contributed by atoms with Crippen LogP contribution in [0.4, 0.5) is 22.0 Å². The number of hydrogen-bond acceptors (Lipinski definition) is 8. The van der Waals surface area contributed by atoms with Crippen molar-refractivity contribution in [1.82, 2.24) is 25.4 Å². The predicted octanol–water partition coefficient (Wildman–Crippen LogP) is 3.61. The molecule has 3 atom stereocenters. The van der Waals surface area contributed by atoms with Gasteiger partial charge in [0.15, 0.2) is 0 Å². The summed E-state index contributed by atoms with van der Waals surface area (Å²) < 4.78 is 62.9. The van der Waals surface area contributed by atoms with E-state index >= 15 is 4.39 Å². The second kappa shape index (κ2) is 23.3. The molecule has 2 aromatic carbocycles. The van der Waals surface area contributed by atoms with Gasteiger partial charge in [0.25, 0.3) is 0 Å². The molecule has 0 aliphatic heterocycles. The molecule has 0 saturated heterocycles. The van der Waals surface area contributed by atoms with Crippen LogP contribution in [0, 0.1) is 17.0 Å². The molecule has 3 rings (SSSR count). The van der Waals surface area contributed by atoms with Gasteiger partial charge in [0, 0.05) is 56.1 Å². The molecule has 4 amide bonds. The van der Waals surface area contributed by atoms with Crippen molar-refractivity contribution in [3.05, 3.63) is 83.7 Å². The molecule has 0 saturated carbocycles. The summed E-state index contributed by atoms with van der Waals surface area (Å²) in [5.41, 5.74) is 13.2. The number of amides is 4. The summed E-state index contributed by atoms with van der Waals surface area (Å²) >= 11 is 0. The second-order valence-corrected chi connectivity index (χ2v) is 14.7. The number of alkyl halides is 3. The van der Waals surface area contributed by atoms with Crippen molar-refractivity contribution >= 4 is 29.6 Å². The first-order valence-corrected chi connectivity index (χ1v) is 18.8. The van der Waals surface area contributed by atoms with Gasteiger partial charge in [0.2, 0.25) is 23.6 Å². The molecule has 0 radical (unpaired) electrons. The molecule has 19 heteroatoms. The molecule has 0 aliphatic carbocycles. The number of unbranched alkanes of at least 4 members (excludes halogenated alkanes) is 1. The lowest BCUT2D eigenvalue weighted by Gasteiger charge is -2.41. The summed E-state index contributed by atoms with van der Waals surface area (Å²) in [6, 6.07) is 12.1. The van der Waals surface area contributed by atoms with Crippen LogP contribution in [0.3, 0.4) is 0 Å². The third-order valence-electron chi connectivity index (χ3n) is 8.86. The molecule has 59 heavy (non-hydrogen) atoms. The number of aliphatic carboxylic acids is 1. The normalized spacial score (nSPS) is 12.9. The fourth-order valence-electron chi connectivity index (χ4n) is 6.14. The fraction of sp³-hybridized carbons (Fsp3) is 0.475. The molecular weight excluding hydrogens is 785 g/mol. The van der Waals surface area contributed by atoms with E-state index in [0.717, 1.165) is 23.8 Å². The second-order valence-electron chi connectivity index (χ2n) is 14.7. The number of carboxylic acids is 1. The number of carbonyl (C=O) groups excluding carboxylic acids is 4. The number of carboxylic acid groups (broad SMARTS) is 1. The lowest BCUT2D eigenvalue weighted by atomic mass is 9.82. The largest absolute Gasteiger partial charge is 0.490 e. The van der Waals surface area contributed by atoms with Gasteiger partial charge in [-0.1, -0.05) is 51.1 Å². The highest BCUT2D eigenvalue weighted by Crippen LogP contribution is 2.41. The van der Waals surface area contributed by atoms with Crippen molar-refractivity contribution in [3.8, 4) is 11.1 Å². The average Bonchev–Trinajstić information content (AvgIpc) is 3.56. The molecule has 0 fully saturated rings. The van der Waals surface area contributed by atoms with Gasteiger partial charge < -0.3 is 47.1 Å². The van der Waals surface area contributed by atoms with Crippen LogP contribution < -0.4 is 27.4 Å². The van der Waals surface area contributed by atoms with Crippen molar-refractivity contribution in [3.63, 3.8) is 0 Å². The van der Waals surface area contributed by atoms with E-state index in [4.69, 9.17) is 21.4 Å². The highest BCUT2D eigenvalue weighted by Gasteiger charge is 2.39. The maximum Gasteiger partial charge on any atom is 0.490 e. The van der Waals surface area contributed by atoms with Crippen LogP contribution >= 0.6 is 0 Å². The minimum atomic E-state index is -5.08. The first-order valence-electron chi connectivity index (χ1n) is 18.8. The van der Waals surface area contributed by atoms with E-state index < -0.39 is 65.7 Å². The zero-order valence-corrected chi connectivity index (χ0v) is 33.5. The number of nitrogens with zero attached hydrogens (tertiary/aromatic N) is 2. The van der Waals surface area contributed by atoms with Crippen molar-refractivity contribution in [2.24, 2.45) is 16.9 Å². The van der Waals surface area contributed by atoms with Gasteiger partial charge in [-0.3, -0.25) is 19.2 Å². The minimum absolute atomic E-state index is 0.00593. The number of benzene rings is 2. The third kappa shape index (κ3) is 16.4. The number of nitrogens with one attached hydrogen (secondary N) is 3. The molecule has 326 valence electrons. The van der Waals surface area contributed by atoms with Crippen LogP contribution in [0.2, 0.25) is 0 Å². The Morgan fingerprint density at radius 2 is 1.51 bits per heavy atom.